The van der Waals surface area contributed by atoms with E-state index in [-0.39, 0.29) is 23.3 Å². The van der Waals surface area contributed by atoms with Crippen molar-refractivity contribution in [2.45, 2.75) is 45.1 Å². The van der Waals surface area contributed by atoms with Crippen LogP contribution in [0.2, 0.25) is 0 Å². The van der Waals surface area contributed by atoms with Crippen LogP contribution in [-0.4, -0.2) is 39.5 Å². The second kappa shape index (κ2) is 6.50. The maximum absolute atomic E-state index is 12.5. The van der Waals surface area contributed by atoms with Crippen molar-refractivity contribution < 1.29 is 14.7 Å². The van der Waals surface area contributed by atoms with Gasteiger partial charge in [0.1, 0.15) is 11.4 Å². The lowest BCUT2D eigenvalue weighted by Gasteiger charge is -2.24. The van der Waals surface area contributed by atoms with E-state index in [0.29, 0.717) is 0 Å². The molecule has 1 atom stereocenters. The van der Waals surface area contributed by atoms with Crippen molar-refractivity contribution in [2.75, 3.05) is 6.54 Å². The molecule has 1 unspecified atom stereocenters. The summed E-state index contributed by atoms with van der Waals surface area (Å²) in [6.45, 7) is 2.88. The Hall–Kier alpha value is -1.91. The van der Waals surface area contributed by atoms with Gasteiger partial charge in [-0.1, -0.05) is 25.8 Å². The summed E-state index contributed by atoms with van der Waals surface area (Å²) in [5.41, 5.74) is 0.147. The Morgan fingerprint density at radius 1 is 1.40 bits per heavy atom. The average Bonchev–Trinajstić information content (AvgIpc) is 2.92. The second-order valence-corrected chi connectivity index (χ2v) is 5.15. The van der Waals surface area contributed by atoms with Gasteiger partial charge in [0, 0.05) is 12.6 Å². The van der Waals surface area contributed by atoms with Crippen LogP contribution in [0, 0.1) is 0 Å². The molecule has 108 valence electrons. The Kier molecular flexibility index (Phi) is 4.71. The van der Waals surface area contributed by atoms with Gasteiger partial charge in [0.15, 0.2) is 0 Å². The molecule has 0 bridgehead atoms. The van der Waals surface area contributed by atoms with E-state index in [1.807, 2.05) is 4.90 Å². The van der Waals surface area contributed by atoms with Gasteiger partial charge >= 0.3 is 5.97 Å². The van der Waals surface area contributed by atoms with Gasteiger partial charge in [-0.05, 0) is 31.4 Å². The molecule has 1 saturated heterocycles. The quantitative estimate of drug-likeness (QED) is 0.897. The summed E-state index contributed by atoms with van der Waals surface area (Å²) in [6, 6.07) is 4.83. The molecule has 1 aromatic rings. The van der Waals surface area contributed by atoms with Gasteiger partial charge in [0.2, 0.25) is 0 Å². The molecule has 0 saturated carbocycles. The molecular weight excluding hydrogens is 256 g/mol. The number of carbonyl (C=O) groups excluding carboxylic acids is 1. The van der Waals surface area contributed by atoms with Crippen LogP contribution in [0.15, 0.2) is 18.2 Å². The molecule has 1 amide bonds. The summed E-state index contributed by atoms with van der Waals surface area (Å²) in [5, 5.41) is 8.94. The number of pyridine rings is 1. The van der Waals surface area contributed by atoms with Crippen molar-refractivity contribution in [3.8, 4) is 0 Å². The lowest BCUT2D eigenvalue weighted by molar-refractivity contribution is 0.0689. The third-order valence-corrected chi connectivity index (χ3v) is 3.72. The van der Waals surface area contributed by atoms with Crippen molar-refractivity contribution >= 4 is 11.9 Å². The predicted octanol–water partition coefficient (Wildman–Crippen LogP) is 2.57. The molecule has 1 aliphatic heterocycles. The van der Waals surface area contributed by atoms with Gasteiger partial charge in [-0.3, -0.25) is 4.79 Å². The standard InChI is InChI=1S/C15H20N2O3/c1-2-3-6-11-7-5-10-17(11)14(18)12-8-4-9-13(16-12)15(19)20/h4,8-9,11H,2-3,5-7,10H2,1H3,(H,19,20). The molecule has 1 fully saturated rings. The van der Waals surface area contributed by atoms with Gasteiger partial charge in [-0.2, -0.15) is 0 Å². The normalized spacial score (nSPS) is 18.2. The number of aromatic nitrogens is 1. The molecule has 0 aliphatic carbocycles. The van der Waals surface area contributed by atoms with Gasteiger partial charge < -0.3 is 10.0 Å². The predicted molar refractivity (Wildman–Crippen MR) is 74.8 cm³/mol. The number of carbonyl (C=O) groups is 2. The Labute approximate surface area is 118 Å². The Morgan fingerprint density at radius 3 is 2.85 bits per heavy atom. The summed E-state index contributed by atoms with van der Waals surface area (Å²) in [7, 11) is 0. The van der Waals surface area contributed by atoms with Gasteiger partial charge in [-0.25, -0.2) is 9.78 Å². The second-order valence-electron chi connectivity index (χ2n) is 5.15. The number of rotatable bonds is 5. The molecule has 1 N–H and O–H groups in total. The number of unbranched alkanes of at least 4 members (excludes halogenated alkanes) is 1. The summed E-state index contributed by atoms with van der Waals surface area (Å²) >= 11 is 0. The number of aromatic carboxylic acids is 1. The first-order valence-electron chi connectivity index (χ1n) is 7.14. The van der Waals surface area contributed by atoms with E-state index in [2.05, 4.69) is 11.9 Å². The lowest BCUT2D eigenvalue weighted by Crippen LogP contribution is -2.36. The molecule has 20 heavy (non-hydrogen) atoms. The summed E-state index contributed by atoms with van der Waals surface area (Å²) in [5.74, 6) is -1.25. The largest absolute Gasteiger partial charge is 0.477 e. The molecule has 5 heteroatoms. The third-order valence-electron chi connectivity index (χ3n) is 3.72. The van der Waals surface area contributed by atoms with Crippen molar-refractivity contribution in [3.05, 3.63) is 29.6 Å². The van der Waals surface area contributed by atoms with E-state index in [9.17, 15) is 9.59 Å². The van der Waals surface area contributed by atoms with Crippen LogP contribution in [0.25, 0.3) is 0 Å². The number of carboxylic acids is 1. The van der Waals surface area contributed by atoms with Crippen molar-refractivity contribution in [1.82, 2.24) is 9.88 Å². The monoisotopic (exact) mass is 276 g/mol. The van der Waals surface area contributed by atoms with E-state index in [1.165, 1.54) is 6.07 Å². The lowest BCUT2D eigenvalue weighted by atomic mass is 10.1. The number of hydrogen-bond acceptors (Lipinski definition) is 3. The fourth-order valence-corrected chi connectivity index (χ4v) is 2.66. The third kappa shape index (κ3) is 3.15. The summed E-state index contributed by atoms with van der Waals surface area (Å²) in [6.07, 6.45) is 5.28. The smallest absolute Gasteiger partial charge is 0.354 e. The molecule has 2 rings (SSSR count). The maximum atomic E-state index is 12.5. The minimum absolute atomic E-state index is 0.0832. The molecule has 5 nitrogen and oxygen atoms in total. The molecule has 0 radical (unpaired) electrons. The fraction of sp³-hybridized carbons (Fsp3) is 0.533. The van der Waals surface area contributed by atoms with Crippen molar-refractivity contribution in [1.29, 1.82) is 0 Å². The first kappa shape index (κ1) is 14.5. The number of likely N-dealkylation sites (tertiary alicyclic amines) is 1. The highest BCUT2D eigenvalue weighted by Crippen LogP contribution is 2.23. The van der Waals surface area contributed by atoms with Gasteiger partial charge in [0.05, 0.1) is 0 Å². The van der Waals surface area contributed by atoms with E-state index in [0.717, 1.165) is 38.6 Å². The molecular formula is C15H20N2O3. The van der Waals surface area contributed by atoms with Crippen molar-refractivity contribution in [3.63, 3.8) is 0 Å². The molecule has 0 aromatic carbocycles. The van der Waals surface area contributed by atoms with Crippen LogP contribution >= 0.6 is 0 Å². The Morgan fingerprint density at radius 2 is 2.15 bits per heavy atom. The van der Waals surface area contributed by atoms with E-state index >= 15 is 0 Å². The SMILES string of the molecule is CCCCC1CCCN1C(=O)c1cccc(C(=O)O)n1. The Bertz CT molecular complexity index is 502. The molecule has 0 spiro atoms. The zero-order valence-electron chi connectivity index (χ0n) is 11.7. The van der Waals surface area contributed by atoms with Crippen molar-refractivity contribution in [2.24, 2.45) is 0 Å². The summed E-state index contributed by atoms with van der Waals surface area (Å²) in [4.78, 5) is 29.2. The minimum Gasteiger partial charge on any atom is -0.477 e. The number of hydrogen-bond donors (Lipinski definition) is 1. The van der Waals surface area contributed by atoms with Gasteiger partial charge in [0.25, 0.3) is 5.91 Å². The first-order valence-corrected chi connectivity index (χ1v) is 7.14. The molecule has 1 aliphatic rings. The highest BCUT2D eigenvalue weighted by molar-refractivity contribution is 5.94. The highest BCUT2D eigenvalue weighted by atomic mass is 16.4. The number of amides is 1. The van der Waals surface area contributed by atoms with E-state index in [1.54, 1.807) is 12.1 Å². The fourth-order valence-electron chi connectivity index (χ4n) is 2.66. The topological polar surface area (TPSA) is 70.5 Å². The summed E-state index contributed by atoms with van der Waals surface area (Å²) < 4.78 is 0. The average molecular weight is 276 g/mol. The van der Waals surface area contributed by atoms with Crippen LogP contribution in [0.5, 0.6) is 0 Å². The number of nitrogens with zero attached hydrogens (tertiary/aromatic N) is 2. The minimum atomic E-state index is -1.11. The van der Waals surface area contributed by atoms with Gasteiger partial charge in [-0.15, -0.1) is 0 Å². The van der Waals surface area contributed by atoms with Crippen LogP contribution < -0.4 is 0 Å². The van der Waals surface area contributed by atoms with E-state index < -0.39 is 5.97 Å². The van der Waals surface area contributed by atoms with E-state index in [4.69, 9.17) is 5.11 Å². The number of carboxylic acid groups (broad SMARTS) is 1. The Balaban J connectivity index is 2.13. The molecule has 1 aromatic heterocycles. The zero-order valence-corrected chi connectivity index (χ0v) is 11.7. The van der Waals surface area contributed by atoms with Crippen LogP contribution in [-0.2, 0) is 0 Å². The molecule has 2 heterocycles. The first-order chi connectivity index (χ1) is 9.63. The van der Waals surface area contributed by atoms with Crippen LogP contribution in [0.4, 0.5) is 0 Å². The zero-order chi connectivity index (χ0) is 14.5. The highest BCUT2D eigenvalue weighted by Gasteiger charge is 2.29. The van der Waals surface area contributed by atoms with Crippen LogP contribution in [0.1, 0.15) is 60.0 Å². The maximum Gasteiger partial charge on any atom is 0.354 e. The van der Waals surface area contributed by atoms with Crippen LogP contribution in [0.3, 0.4) is 0 Å².